The van der Waals surface area contributed by atoms with Crippen LogP contribution in [0, 0.1) is 23.7 Å². The van der Waals surface area contributed by atoms with Crippen molar-refractivity contribution in [3.8, 4) is 5.75 Å². The number of anilines is 1. The monoisotopic (exact) mass is 613 g/mol. The van der Waals surface area contributed by atoms with E-state index in [4.69, 9.17) is 16.3 Å². The van der Waals surface area contributed by atoms with Crippen molar-refractivity contribution in [1.82, 2.24) is 10.0 Å². The van der Waals surface area contributed by atoms with E-state index in [1.54, 1.807) is 6.07 Å². The highest BCUT2D eigenvalue weighted by molar-refractivity contribution is 7.84. The van der Waals surface area contributed by atoms with Gasteiger partial charge in [-0.2, -0.15) is 0 Å². The first-order chi connectivity index (χ1) is 20.2. The first-order valence-corrected chi connectivity index (χ1v) is 17.5. The van der Waals surface area contributed by atoms with Crippen molar-refractivity contribution < 1.29 is 13.7 Å². The molecule has 2 aromatic carbocycles. The van der Waals surface area contributed by atoms with Crippen LogP contribution in [0.4, 0.5) is 5.69 Å². The van der Waals surface area contributed by atoms with Crippen molar-refractivity contribution in [3.63, 3.8) is 0 Å². The van der Waals surface area contributed by atoms with Crippen LogP contribution in [0.1, 0.15) is 87.2 Å². The van der Waals surface area contributed by atoms with Gasteiger partial charge in [0.25, 0.3) is 5.91 Å². The molecular formula is C34H48ClN3O3S. The Kier molecular flexibility index (Phi) is 10.2. The van der Waals surface area contributed by atoms with Crippen molar-refractivity contribution in [1.29, 1.82) is 0 Å². The number of nitrogens with one attached hydrogen (secondary N) is 2. The van der Waals surface area contributed by atoms with Gasteiger partial charge in [0.15, 0.2) is 0 Å². The zero-order chi connectivity index (χ0) is 30.0. The first-order valence-electron chi connectivity index (χ1n) is 15.9. The number of halogens is 1. The van der Waals surface area contributed by atoms with Gasteiger partial charge in [0.2, 0.25) is 0 Å². The van der Waals surface area contributed by atoms with Gasteiger partial charge in [0, 0.05) is 35.6 Å². The number of carbonyl (C=O) groups excluding carboxylic acids is 1. The molecule has 1 fully saturated rings. The maximum Gasteiger partial charge on any atom is 0.263 e. The second-order valence-electron chi connectivity index (χ2n) is 13.0. The van der Waals surface area contributed by atoms with E-state index in [0.29, 0.717) is 36.0 Å². The second kappa shape index (κ2) is 13.7. The van der Waals surface area contributed by atoms with Crippen LogP contribution in [-0.2, 0) is 17.4 Å². The molecule has 0 radical (unpaired) electrons. The number of carbonyl (C=O) groups is 1. The van der Waals surface area contributed by atoms with Gasteiger partial charge >= 0.3 is 0 Å². The smallest absolute Gasteiger partial charge is 0.263 e. The van der Waals surface area contributed by atoms with Gasteiger partial charge in [-0.1, -0.05) is 44.9 Å². The molecule has 2 aromatic rings. The van der Waals surface area contributed by atoms with Gasteiger partial charge < -0.3 is 15.0 Å². The Labute approximate surface area is 259 Å². The summed E-state index contributed by atoms with van der Waals surface area (Å²) in [5, 5.41) is 4.16. The predicted octanol–water partition coefficient (Wildman–Crippen LogP) is 6.74. The number of benzene rings is 2. The van der Waals surface area contributed by atoms with E-state index in [1.165, 1.54) is 24.0 Å². The molecule has 230 valence electrons. The quantitative estimate of drug-likeness (QED) is 0.400. The fourth-order valence-corrected chi connectivity index (χ4v) is 8.57. The minimum absolute atomic E-state index is 0.150. The summed E-state index contributed by atoms with van der Waals surface area (Å²) in [4.78, 5) is 15.9. The molecule has 0 saturated heterocycles. The summed E-state index contributed by atoms with van der Waals surface area (Å²) in [6.07, 6.45) is 6.56. The molecule has 1 saturated carbocycles. The number of aryl methyl sites for hydroxylation is 1. The van der Waals surface area contributed by atoms with Crippen LogP contribution in [0.3, 0.4) is 0 Å². The first kappa shape index (κ1) is 31.3. The van der Waals surface area contributed by atoms with E-state index >= 15 is 0 Å². The molecule has 6 nitrogen and oxygen atoms in total. The topological polar surface area (TPSA) is 70.7 Å². The van der Waals surface area contributed by atoms with Crippen molar-refractivity contribution in [2.45, 2.75) is 83.4 Å². The minimum Gasteiger partial charge on any atom is -0.491 e. The molecule has 2 heterocycles. The van der Waals surface area contributed by atoms with E-state index < -0.39 is 11.0 Å². The van der Waals surface area contributed by atoms with Gasteiger partial charge in [-0.15, -0.1) is 0 Å². The highest BCUT2D eigenvalue weighted by atomic mass is 35.5. The summed E-state index contributed by atoms with van der Waals surface area (Å²) in [6, 6.07) is 12.3. The lowest BCUT2D eigenvalue weighted by Crippen LogP contribution is -2.44. The van der Waals surface area contributed by atoms with Crippen LogP contribution in [-0.4, -0.2) is 48.2 Å². The maximum absolute atomic E-state index is 13.4. The molecule has 2 aliphatic heterocycles. The average Bonchev–Trinajstić information content (AvgIpc) is 3.13. The number of ether oxygens (including phenoxy) is 1. The van der Waals surface area contributed by atoms with Crippen molar-refractivity contribution in [2.75, 3.05) is 31.6 Å². The normalized spacial score (nSPS) is 32.1. The summed E-state index contributed by atoms with van der Waals surface area (Å²) >= 11 is 6.42. The molecule has 2 bridgehead atoms. The molecule has 0 spiro atoms. The summed E-state index contributed by atoms with van der Waals surface area (Å²) in [7, 11) is 0.561. The van der Waals surface area contributed by atoms with Gasteiger partial charge in [-0.3, -0.25) is 9.52 Å². The van der Waals surface area contributed by atoms with E-state index in [9.17, 15) is 9.00 Å². The molecule has 1 aliphatic carbocycles. The van der Waals surface area contributed by atoms with Gasteiger partial charge in [-0.05, 0) is 111 Å². The van der Waals surface area contributed by atoms with E-state index in [0.717, 1.165) is 55.2 Å². The predicted molar refractivity (Wildman–Crippen MR) is 174 cm³/mol. The third kappa shape index (κ3) is 6.84. The van der Waals surface area contributed by atoms with Crippen molar-refractivity contribution in [2.24, 2.45) is 23.7 Å². The molecule has 3 aliphatic rings. The van der Waals surface area contributed by atoms with Gasteiger partial charge in [0.1, 0.15) is 16.7 Å². The molecule has 8 unspecified atom stereocenters. The van der Waals surface area contributed by atoms with Crippen molar-refractivity contribution in [3.05, 3.63) is 58.1 Å². The molecular weight excluding hydrogens is 566 g/mol. The van der Waals surface area contributed by atoms with Gasteiger partial charge in [0.05, 0.1) is 17.5 Å². The standard InChI is InChI=1S/C34H48ClN3O3S/c1-6-7-24-16-28(35)10-12-31(24)27-19-38-18-26-8-11-30(26)22(3)15-29(36-5)14-21(2)23(4)42(40)37-34(39)25-9-13-33(41-20-27)32(38)17-25/h9-10,12-13,16-17,21-23,26-27,29-30,36H,6-8,11,14-15,18-20H2,1-5H3,(H,37,39). The Hall–Kier alpha value is -2.09. The zero-order valence-electron chi connectivity index (χ0n) is 25.8. The Morgan fingerprint density at radius 1 is 1.07 bits per heavy atom. The van der Waals surface area contributed by atoms with Crippen LogP contribution >= 0.6 is 11.6 Å². The fraction of sp³-hybridized carbons (Fsp3) is 0.618. The number of hydrogen-bond donors (Lipinski definition) is 2. The second-order valence-corrected chi connectivity index (χ2v) is 15.0. The number of hydrogen-bond acceptors (Lipinski definition) is 5. The molecule has 2 N–H and O–H groups in total. The number of rotatable bonds is 4. The highest BCUT2D eigenvalue weighted by Crippen LogP contribution is 2.45. The van der Waals surface area contributed by atoms with Crippen LogP contribution in [0.15, 0.2) is 36.4 Å². The maximum atomic E-state index is 13.4. The van der Waals surface area contributed by atoms with Crippen LogP contribution in [0.5, 0.6) is 5.75 Å². The summed E-state index contributed by atoms with van der Waals surface area (Å²) in [6.45, 7) is 11.1. The Morgan fingerprint density at radius 2 is 1.86 bits per heavy atom. The molecule has 8 atom stereocenters. The number of fused-ring (bicyclic) bond motifs is 2. The largest absolute Gasteiger partial charge is 0.491 e. The fourth-order valence-electron chi connectivity index (χ4n) is 7.36. The number of nitrogens with zero attached hydrogens (tertiary/aromatic N) is 1. The Balaban J connectivity index is 1.52. The minimum atomic E-state index is -1.48. The summed E-state index contributed by atoms with van der Waals surface area (Å²) in [5.41, 5.74) is 4.07. The SMILES string of the molecule is CCCc1cc(Cl)ccc1C1COc2ccc3cc2N(C1)CC1CCC1C(C)CC(NC)CC(C)C(C)S(=O)NC3=O. The van der Waals surface area contributed by atoms with Crippen LogP contribution < -0.4 is 19.7 Å². The lowest BCUT2D eigenvalue weighted by molar-refractivity contribution is 0.0981. The Bertz CT molecular complexity index is 1290. The highest BCUT2D eigenvalue weighted by Gasteiger charge is 2.39. The summed E-state index contributed by atoms with van der Waals surface area (Å²) in [5.74, 6) is 2.75. The lowest BCUT2D eigenvalue weighted by atomic mass is 9.65. The lowest BCUT2D eigenvalue weighted by Gasteiger charge is -2.45. The molecule has 42 heavy (non-hydrogen) atoms. The summed E-state index contributed by atoms with van der Waals surface area (Å²) < 4.78 is 22.6. The van der Waals surface area contributed by atoms with E-state index in [1.807, 2.05) is 32.2 Å². The molecule has 0 aromatic heterocycles. The molecule has 8 heteroatoms. The Morgan fingerprint density at radius 3 is 2.57 bits per heavy atom. The average molecular weight is 614 g/mol. The third-order valence-electron chi connectivity index (χ3n) is 10.2. The third-order valence-corrected chi connectivity index (χ3v) is 12.0. The molecule has 5 rings (SSSR count). The number of amides is 1. The van der Waals surface area contributed by atoms with E-state index in [2.05, 4.69) is 47.8 Å². The van der Waals surface area contributed by atoms with Crippen LogP contribution in [0.25, 0.3) is 0 Å². The zero-order valence-corrected chi connectivity index (χ0v) is 27.4. The molecule has 1 amide bonds. The van der Waals surface area contributed by atoms with Crippen LogP contribution in [0.2, 0.25) is 5.02 Å². The van der Waals surface area contributed by atoms with Crippen molar-refractivity contribution >= 4 is 34.2 Å². The van der Waals surface area contributed by atoms with E-state index in [-0.39, 0.29) is 23.0 Å². The van der Waals surface area contributed by atoms with Gasteiger partial charge in [-0.25, -0.2) is 4.21 Å².